The SMILES string of the molecule is CCCCCCCCOc1ccc(C(=O)c2ccc(OC)cc2)cc1. The van der Waals surface area contributed by atoms with Crippen LogP contribution in [-0.2, 0) is 0 Å². The summed E-state index contributed by atoms with van der Waals surface area (Å²) in [5, 5.41) is 0. The van der Waals surface area contributed by atoms with Crippen molar-refractivity contribution in [3.8, 4) is 11.5 Å². The van der Waals surface area contributed by atoms with Crippen LogP contribution in [0.2, 0.25) is 0 Å². The number of carbonyl (C=O) groups is 1. The molecule has 2 rings (SSSR count). The highest BCUT2D eigenvalue weighted by molar-refractivity contribution is 6.09. The zero-order chi connectivity index (χ0) is 17.9. The van der Waals surface area contributed by atoms with Crippen LogP contribution < -0.4 is 9.47 Å². The molecule has 3 heteroatoms. The fourth-order valence-corrected chi connectivity index (χ4v) is 2.68. The van der Waals surface area contributed by atoms with Crippen LogP contribution in [0.15, 0.2) is 48.5 Å². The van der Waals surface area contributed by atoms with Gasteiger partial charge in [0.25, 0.3) is 0 Å². The molecule has 0 aliphatic rings. The second kappa shape index (κ2) is 10.5. The molecule has 0 saturated carbocycles. The molecule has 0 aliphatic carbocycles. The van der Waals surface area contributed by atoms with Gasteiger partial charge in [-0.25, -0.2) is 0 Å². The maximum Gasteiger partial charge on any atom is 0.193 e. The molecule has 3 nitrogen and oxygen atoms in total. The topological polar surface area (TPSA) is 35.5 Å². The van der Waals surface area contributed by atoms with Crippen LogP contribution in [0, 0.1) is 0 Å². The van der Waals surface area contributed by atoms with E-state index < -0.39 is 0 Å². The summed E-state index contributed by atoms with van der Waals surface area (Å²) < 4.78 is 10.9. The van der Waals surface area contributed by atoms with Gasteiger partial charge in [-0.15, -0.1) is 0 Å². The Balaban J connectivity index is 1.79. The summed E-state index contributed by atoms with van der Waals surface area (Å²) in [5.74, 6) is 1.57. The first-order valence-electron chi connectivity index (χ1n) is 9.16. The smallest absolute Gasteiger partial charge is 0.193 e. The van der Waals surface area contributed by atoms with Gasteiger partial charge in [-0.05, 0) is 55.0 Å². The lowest BCUT2D eigenvalue weighted by Gasteiger charge is -2.07. The van der Waals surface area contributed by atoms with Gasteiger partial charge in [-0.2, -0.15) is 0 Å². The molecule has 0 unspecified atom stereocenters. The van der Waals surface area contributed by atoms with Crippen molar-refractivity contribution in [1.82, 2.24) is 0 Å². The fraction of sp³-hybridized carbons (Fsp3) is 0.409. The lowest BCUT2D eigenvalue weighted by molar-refractivity contribution is 0.103. The average molecular weight is 340 g/mol. The number of unbranched alkanes of at least 4 members (excludes halogenated alkanes) is 5. The van der Waals surface area contributed by atoms with Crippen LogP contribution in [0.1, 0.15) is 61.4 Å². The first kappa shape index (κ1) is 19.0. The van der Waals surface area contributed by atoms with E-state index in [1.54, 1.807) is 31.4 Å². The number of methoxy groups -OCH3 is 1. The Morgan fingerprint density at radius 2 is 1.28 bits per heavy atom. The molecule has 0 radical (unpaired) electrons. The Morgan fingerprint density at radius 1 is 0.760 bits per heavy atom. The lowest BCUT2D eigenvalue weighted by atomic mass is 10.0. The molecule has 2 aromatic rings. The van der Waals surface area contributed by atoms with E-state index in [0.29, 0.717) is 11.1 Å². The van der Waals surface area contributed by atoms with Crippen LogP contribution in [0.3, 0.4) is 0 Å². The summed E-state index contributed by atoms with van der Waals surface area (Å²) in [7, 11) is 1.61. The molecule has 0 amide bonds. The number of ether oxygens (including phenoxy) is 2. The summed E-state index contributed by atoms with van der Waals surface area (Å²) in [5.41, 5.74) is 1.32. The monoisotopic (exact) mass is 340 g/mol. The van der Waals surface area contributed by atoms with Crippen LogP contribution in [0.5, 0.6) is 11.5 Å². The van der Waals surface area contributed by atoms with Gasteiger partial charge in [0.05, 0.1) is 13.7 Å². The minimum Gasteiger partial charge on any atom is -0.497 e. The molecule has 134 valence electrons. The normalized spacial score (nSPS) is 10.5. The van der Waals surface area contributed by atoms with Gasteiger partial charge in [0.1, 0.15) is 11.5 Å². The standard InChI is InChI=1S/C22H28O3/c1-3-4-5-6-7-8-17-25-21-15-11-19(12-16-21)22(23)18-9-13-20(24-2)14-10-18/h9-16H,3-8,17H2,1-2H3. The van der Waals surface area contributed by atoms with Gasteiger partial charge in [-0.3, -0.25) is 4.79 Å². The molecule has 0 fully saturated rings. The number of rotatable bonds is 11. The first-order chi connectivity index (χ1) is 12.2. The van der Waals surface area contributed by atoms with E-state index in [0.717, 1.165) is 24.5 Å². The van der Waals surface area contributed by atoms with E-state index in [2.05, 4.69) is 6.92 Å². The van der Waals surface area contributed by atoms with Crippen molar-refractivity contribution in [1.29, 1.82) is 0 Å². The van der Waals surface area contributed by atoms with E-state index in [-0.39, 0.29) is 5.78 Å². The van der Waals surface area contributed by atoms with Crippen molar-refractivity contribution in [2.45, 2.75) is 45.4 Å². The summed E-state index contributed by atoms with van der Waals surface area (Å²) in [4.78, 5) is 12.5. The largest absolute Gasteiger partial charge is 0.497 e. The second-order valence-electron chi connectivity index (χ2n) is 6.20. The van der Waals surface area contributed by atoms with Gasteiger partial charge >= 0.3 is 0 Å². The predicted molar refractivity (Wildman–Crippen MR) is 102 cm³/mol. The van der Waals surface area contributed by atoms with Crippen LogP contribution >= 0.6 is 0 Å². The summed E-state index contributed by atoms with van der Waals surface area (Å²) in [6.45, 7) is 2.96. The summed E-state index contributed by atoms with van der Waals surface area (Å²) in [6, 6.07) is 14.5. The molecular formula is C22H28O3. The Morgan fingerprint density at radius 3 is 1.84 bits per heavy atom. The second-order valence-corrected chi connectivity index (χ2v) is 6.20. The molecule has 0 aliphatic heterocycles. The van der Waals surface area contributed by atoms with Crippen molar-refractivity contribution < 1.29 is 14.3 Å². The maximum atomic E-state index is 12.5. The molecule has 0 spiro atoms. The Labute approximate surface area is 151 Å². The molecule has 0 bridgehead atoms. The van der Waals surface area contributed by atoms with E-state index in [9.17, 15) is 4.79 Å². The Kier molecular flexibility index (Phi) is 8.03. The first-order valence-corrected chi connectivity index (χ1v) is 9.16. The van der Waals surface area contributed by atoms with Crippen LogP contribution in [0.25, 0.3) is 0 Å². The number of hydrogen-bond acceptors (Lipinski definition) is 3. The van der Waals surface area contributed by atoms with Gasteiger partial charge < -0.3 is 9.47 Å². The Hall–Kier alpha value is -2.29. The highest BCUT2D eigenvalue weighted by Gasteiger charge is 2.09. The zero-order valence-electron chi connectivity index (χ0n) is 15.3. The van der Waals surface area contributed by atoms with Crippen molar-refractivity contribution >= 4 is 5.78 Å². The number of hydrogen-bond donors (Lipinski definition) is 0. The quantitative estimate of drug-likeness (QED) is 0.391. The molecule has 2 aromatic carbocycles. The predicted octanol–water partition coefficient (Wildman–Crippen LogP) is 5.67. The maximum absolute atomic E-state index is 12.5. The molecule has 0 saturated heterocycles. The van der Waals surface area contributed by atoms with Crippen molar-refractivity contribution in [2.24, 2.45) is 0 Å². The highest BCUT2D eigenvalue weighted by Crippen LogP contribution is 2.18. The molecule has 25 heavy (non-hydrogen) atoms. The third kappa shape index (κ3) is 6.26. The highest BCUT2D eigenvalue weighted by atomic mass is 16.5. The van der Waals surface area contributed by atoms with Gasteiger partial charge in [0, 0.05) is 11.1 Å². The lowest BCUT2D eigenvalue weighted by Crippen LogP contribution is -2.02. The van der Waals surface area contributed by atoms with E-state index >= 15 is 0 Å². The molecule has 0 N–H and O–H groups in total. The minimum absolute atomic E-state index is 0.00475. The average Bonchev–Trinajstić information content (AvgIpc) is 2.67. The molecule has 0 heterocycles. The fourth-order valence-electron chi connectivity index (χ4n) is 2.68. The van der Waals surface area contributed by atoms with Gasteiger partial charge in [0.2, 0.25) is 0 Å². The summed E-state index contributed by atoms with van der Waals surface area (Å²) in [6.07, 6.45) is 7.50. The number of carbonyl (C=O) groups excluding carboxylic acids is 1. The molecular weight excluding hydrogens is 312 g/mol. The third-order valence-corrected chi connectivity index (χ3v) is 4.24. The minimum atomic E-state index is 0.00475. The van der Waals surface area contributed by atoms with Crippen molar-refractivity contribution in [3.05, 3.63) is 59.7 Å². The number of benzene rings is 2. The van der Waals surface area contributed by atoms with Crippen molar-refractivity contribution in [2.75, 3.05) is 13.7 Å². The third-order valence-electron chi connectivity index (χ3n) is 4.24. The van der Waals surface area contributed by atoms with Gasteiger partial charge in [0.15, 0.2) is 5.78 Å². The Bertz CT molecular complexity index is 629. The summed E-state index contributed by atoms with van der Waals surface area (Å²) >= 11 is 0. The van der Waals surface area contributed by atoms with Crippen LogP contribution in [0.4, 0.5) is 0 Å². The number of ketones is 1. The van der Waals surface area contributed by atoms with E-state index in [1.165, 1.54) is 32.1 Å². The molecule has 0 atom stereocenters. The van der Waals surface area contributed by atoms with E-state index in [4.69, 9.17) is 9.47 Å². The van der Waals surface area contributed by atoms with Crippen LogP contribution in [-0.4, -0.2) is 19.5 Å². The van der Waals surface area contributed by atoms with E-state index in [1.807, 2.05) is 24.3 Å². The molecule has 0 aromatic heterocycles. The zero-order valence-corrected chi connectivity index (χ0v) is 15.3. The van der Waals surface area contributed by atoms with Crippen molar-refractivity contribution in [3.63, 3.8) is 0 Å². The van der Waals surface area contributed by atoms with Gasteiger partial charge in [-0.1, -0.05) is 39.0 Å².